The molecule has 0 saturated carbocycles. The molecule has 2 aromatic heterocycles. The first-order chi connectivity index (χ1) is 14.4. The van der Waals surface area contributed by atoms with Crippen LogP contribution < -0.4 is 5.32 Å². The molecule has 30 heavy (non-hydrogen) atoms. The minimum Gasteiger partial charge on any atom is -0.472 e. The van der Waals surface area contributed by atoms with E-state index in [2.05, 4.69) is 43.2 Å². The lowest BCUT2D eigenvalue weighted by atomic mass is 9.96. The highest BCUT2D eigenvalue weighted by atomic mass is 32.1. The van der Waals surface area contributed by atoms with Crippen molar-refractivity contribution in [2.75, 3.05) is 18.4 Å². The average Bonchev–Trinajstić information content (AvgIpc) is 3.39. The number of nitrogens with one attached hydrogen (secondary N) is 1. The van der Waals surface area contributed by atoms with Crippen LogP contribution in [0, 0.1) is 26.7 Å². The number of hydrogen-bond acceptors (Lipinski definition) is 5. The van der Waals surface area contributed by atoms with Gasteiger partial charge in [0.05, 0.1) is 23.4 Å². The fourth-order valence-electron chi connectivity index (χ4n) is 4.18. The molecule has 3 heterocycles. The number of anilines is 1. The molecular weight excluding hydrogens is 398 g/mol. The molecule has 4 rings (SSSR count). The molecular formula is C23H25N3O3S. The molecule has 0 aliphatic carbocycles. The van der Waals surface area contributed by atoms with Gasteiger partial charge in [0, 0.05) is 24.0 Å². The molecule has 7 heteroatoms. The predicted molar refractivity (Wildman–Crippen MR) is 118 cm³/mol. The van der Waals surface area contributed by atoms with Crippen molar-refractivity contribution in [3.05, 3.63) is 58.4 Å². The summed E-state index contributed by atoms with van der Waals surface area (Å²) in [5.74, 6) is -0.425. The number of nitrogens with zero attached hydrogens (tertiary/aromatic N) is 2. The van der Waals surface area contributed by atoms with Gasteiger partial charge in [-0.2, -0.15) is 0 Å². The fraction of sp³-hybridized carbons (Fsp3) is 0.348. The Bertz CT molecular complexity index is 1050. The number of piperidine rings is 1. The summed E-state index contributed by atoms with van der Waals surface area (Å²) in [5, 5.41) is 5.53. The van der Waals surface area contributed by atoms with Gasteiger partial charge in [0.1, 0.15) is 6.26 Å². The van der Waals surface area contributed by atoms with E-state index in [0.29, 0.717) is 23.8 Å². The maximum Gasteiger partial charge on any atom is 0.257 e. The average molecular weight is 424 g/mol. The second kappa shape index (κ2) is 8.44. The molecule has 1 atom stereocenters. The molecule has 6 nitrogen and oxygen atoms in total. The molecule has 0 unspecified atom stereocenters. The Hall–Kier alpha value is -2.93. The molecule has 1 aliphatic rings. The molecule has 0 spiro atoms. The van der Waals surface area contributed by atoms with Crippen molar-refractivity contribution in [1.29, 1.82) is 0 Å². The molecule has 156 valence electrons. The normalized spacial score (nSPS) is 16.5. The van der Waals surface area contributed by atoms with E-state index in [1.165, 1.54) is 40.6 Å². The number of likely N-dealkylation sites (tertiary alicyclic amines) is 1. The number of carbonyl (C=O) groups excluding carboxylic acids is 2. The first-order valence-corrected chi connectivity index (χ1v) is 11.0. The van der Waals surface area contributed by atoms with Crippen molar-refractivity contribution in [2.45, 2.75) is 33.6 Å². The zero-order valence-electron chi connectivity index (χ0n) is 17.4. The van der Waals surface area contributed by atoms with Crippen LogP contribution in [-0.4, -0.2) is 34.8 Å². The van der Waals surface area contributed by atoms with Crippen LogP contribution in [0.2, 0.25) is 0 Å². The highest BCUT2D eigenvalue weighted by Crippen LogP contribution is 2.31. The number of aryl methyl sites for hydroxylation is 3. The number of thiazole rings is 1. The van der Waals surface area contributed by atoms with E-state index in [9.17, 15) is 9.59 Å². The number of hydrogen-bond donors (Lipinski definition) is 1. The second-order valence-electron chi connectivity index (χ2n) is 7.90. The van der Waals surface area contributed by atoms with E-state index in [1.807, 2.05) is 5.38 Å². The molecule has 1 aromatic carbocycles. The first-order valence-electron chi connectivity index (χ1n) is 10.1. The number of rotatable bonds is 4. The monoisotopic (exact) mass is 423 g/mol. The maximum atomic E-state index is 12.8. The van der Waals surface area contributed by atoms with Gasteiger partial charge >= 0.3 is 0 Å². The molecule has 1 saturated heterocycles. The Morgan fingerprint density at radius 3 is 2.70 bits per heavy atom. The van der Waals surface area contributed by atoms with Crippen molar-refractivity contribution in [3.8, 4) is 11.3 Å². The largest absolute Gasteiger partial charge is 0.472 e. The Morgan fingerprint density at radius 1 is 1.23 bits per heavy atom. The Labute approximate surface area is 179 Å². The predicted octanol–water partition coefficient (Wildman–Crippen LogP) is 4.82. The lowest BCUT2D eigenvalue weighted by Gasteiger charge is -2.31. The highest BCUT2D eigenvalue weighted by Gasteiger charge is 2.29. The van der Waals surface area contributed by atoms with Gasteiger partial charge in [0.25, 0.3) is 5.91 Å². The van der Waals surface area contributed by atoms with Crippen LogP contribution in [0.25, 0.3) is 11.3 Å². The molecule has 0 radical (unpaired) electrons. The number of aromatic nitrogens is 1. The van der Waals surface area contributed by atoms with Gasteiger partial charge in [0.15, 0.2) is 5.13 Å². The number of benzene rings is 1. The lowest BCUT2D eigenvalue weighted by Crippen LogP contribution is -2.43. The number of carbonyl (C=O) groups is 2. The zero-order chi connectivity index (χ0) is 21.3. The van der Waals surface area contributed by atoms with E-state index in [0.717, 1.165) is 24.1 Å². The van der Waals surface area contributed by atoms with Crippen molar-refractivity contribution in [2.24, 2.45) is 5.92 Å². The minimum atomic E-state index is -0.246. The van der Waals surface area contributed by atoms with Crippen LogP contribution in [0.5, 0.6) is 0 Å². The van der Waals surface area contributed by atoms with E-state index in [4.69, 9.17) is 4.42 Å². The van der Waals surface area contributed by atoms with Gasteiger partial charge in [0.2, 0.25) is 5.91 Å². The summed E-state index contributed by atoms with van der Waals surface area (Å²) >= 11 is 1.43. The third-order valence-corrected chi connectivity index (χ3v) is 6.27. The van der Waals surface area contributed by atoms with Crippen molar-refractivity contribution in [1.82, 2.24) is 9.88 Å². The van der Waals surface area contributed by atoms with Gasteiger partial charge < -0.3 is 14.6 Å². The van der Waals surface area contributed by atoms with E-state index >= 15 is 0 Å². The van der Waals surface area contributed by atoms with Crippen LogP contribution in [0.4, 0.5) is 5.13 Å². The summed E-state index contributed by atoms with van der Waals surface area (Å²) in [6.07, 6.45) is 4.49. The topological polar surface area (TPSA) is 75.4 Å². The molecule has 3 aromatic rings. The SMILES string of the molecule is Cc1cc(C)c(-c2csc(NC(=O)[C@@H]3CCCN(C(=O)c4ccoc4)C3)n2)c(C)c1. The summed E-state index contributed by atoms with van der Waals surface area (Å²) in [7, 11) is 0. The summed E-state index contributed by atoms with van der Waals surface area (Å²) in [6.45, 7) is 7.31. The standard InChI is InChI=1S/C23H25N3O3S/c1-14-9-15(2)20(16(3)10-14)19-13-30-23(24-19)25-21(27)17-5-4-7-26(11-17)22(28)18-6-8-29-12-18/h6,8-10,12-13,17H,4-5,7,11H2,1-3H3,(H,24,25,27)/t17-/m1/s1. The van der Waals surface area contributed by atoms with Gasteiger partial charge in [-0.05, 0) is 50.8 Å². The van der Waals surface area contributed by atoms with Crippen LogP contribution in [-0.2, 0) is 4.79 Å². The van der Waals surface area contributed by atoms with E-state index in [-0.39, 0.29) is 17.7 Å². The first kappa shape index (κ1) is 20.3. The smallest absolute Gasteiger partial charge is 0.257 e. The maximum absolute atomic E-state index is 12.8. The van der Waals surface area contributed by atoms with Crippen LogP contribution in [0.15, 0.2) is 40.5 Å². The Balaban J connectivity index is 1.44. The molecule has 1 N–H and O–H groups in total. The van der Waals surface area contributed by atoms with E-state index < -0.39 is 0 Å². The highest BCUT2D eigenvalue weighted by molar-refractivity contribution is 7.14. The van der Waals surface area contributed by atoms with Crippen LogP contribution in [0.1, 0.15) is 39.9 Å². The third-order valence-electron chi connectivity index (χ3n) is 5.52. The zero-order valence-corrected chi connectivity index (χ0v) is 18.2. The Kier molecular flexibility index (Phi) is 5.72. The quantitative estimate of drug-likeness (QED) is 0.653. The number of furan rings is 1. The molecule has 1 aliphatic heterocycles. The summed E-state index contributed by atoms with van der Waals surface area (Å²) in [5.41, 5.74) is 6.10. The van der Waals surface area contributed by atoms with Crippen molar-refractivity contribution < 1.29 is 14.0 Å². The summed E-state index contributed by atoms with van der Waals surface area (Å²) in [4.78, 5) is 31.8. The lowest BCUT2D eigenvalue weighted by molar-refractivity contribution is -0.121. The van der Waals surface area contributed by atoms with Crippen LogP contribution in [0.3, 0.4) is 0 Å². The van der Waals surface area contributed by atoms with Gasteiger partial charge in [-0.15, -0.1) is 11.3 Å². The Morgan fingerprint density at radius 2 is 2.00 bits per heavy atom. The molecule has 1 fully saturated rings. The number of amides is 2. The van der Waals surface area contributed by atoms with Gasteiger partial charge in [-0.1, -0.05) is 17.7 Å². The second-order valence-corrected chi connectivity index (χ2v) is 8.76. The fourth-order valence-corrected chi connectivity index (χ4v) is 4.89. The molecule has 0 bridgehead atoms. The van der Waals surface area contributed by atoms with Crippen molar-refractivity contribution >= 4 is 28.3 Å². The summed E-state index contributed by atoms with van der Waals surface area (Å²) in [6, 6.07) is 5.94. The van der Waals surface area contributed by atoms with Crippen molar-refractivity contribution in [3.63, 3.8) is 0 Å². The van der Waals surface area contributed by atoms with Crippen LogP contribution >= 0.6 is 11.3 Å². The van der Waals surface area contributed by atoms with Gasteiger partial charge in [-0.3, -0.25) is 9.59 Å². The third kappa shape index (κ3) is 4.16. The molecule has 2 amide bonds. The van der Waals surface area contributed by atoms with E-state index in [1.54, 1.807) is 11.0 Å². The van der Waals surface area contributed by atoms with Gasteiger partial charge in [-0.25, -0.2) is 4.98 Å². The minimum absolute atomic E-state index is 0.0852. The summed E-state index contributed by atoms with van der Waals surface area (Å²) < 4.78 is 5.01.